The molecule has 0 aliphatic heterocycles. The minimum Gasteiger partial charge on any atom is -0.353 e. The molecule has 3 nitrogen and oxygen atoms in total. The smallest absolute Gasteiger partial charge is 0.129 e. The van der Waals surface area contributed by atoms with Gasteiger partial charge in [-0.1, -0.05) is 13.0 Å². The third-order valence-electron chi connectivity index (χ3n) is 4.36. The van der Waals surface area contributed by atoms with Crippen molar-refractivity contribution in [3.8, 4) is 0 Å². The van der Waals surface area contributed by atoms with Crippen LogP contribution in [0.25, 0.3) is 0 Å². The van der Waals surface area contributed by atoms with Crippen LogP contribution in [0.5, 0.6) is 0 Å². The van der Waals surface area contributed by atoms with Crippen LogP contribution in [0, 0.1) is 12.8 Å². The van der Waals surface area contributed by atoms with E-state index >= 15 is 0 Å². The minimum atomic E-state index is 0.770. The summed E-state index contributed by atoms with van der Waals surface area (Å²) in [6, 6.07) is 5.27. The summed E-state index contributed by atoms with van der Waals surface area (Å²) in [6.07, 6.45) is 6.73. The van der Waals surface area contributed by atoms with Crippen LogP contribution in [0.4, 0.5) is 5.82 Å². The van der Waals surface area contributed by atoms with Gasteiger partial charge < -0.3 is 10.2 Å². The number of hydrogen-bond donors (Lipinski definition) is 1. The molecular formula is C17H27N3. The average Bonchev–Trinajstić information content (AvgIpc) is 3.31. The van der Waals surface area contributed by atoms with Crippen molar-refractivity contribution in [1.82, 2.24) is 10.3 Å². The van der Waals surface area contributed by atoms with Crippen LogP contribution < -0.4 is 10.2 Å². The molecule has 0 aromatic carbocycles. The van der Waals surface area contributed by atoms with E-state index in [0.717, 1.165) is 25.0 Å². The summed E-state index contributed by atoms with van der Waals surface area (Å²) in [5.41, 5.74) is 2.52. The van der Waals surface area contributed by atoms with E-state index < -0.39 is 0 Å². The van der Waals surface area contributed by atoms with Crippen LogP contribution in [0.2, 0.25) is 0 Å². The Balaban J connectivity index is 1.67. The second kappa shape index (κ2) is 6.13. The number of nitrogens with zero attached hydrogens (tertiary/aromatic N) is 2. The maximum absolute atomic E-state index is 4.88. The topological polar surface area (TPSA) is 28.2 Å². The Morgan fingerprint density at radius 1 is 1.25 bits per heavy atom. The quantitative estimate of drug-likeness (QED) is 0.737. The minimum absolute atomic E-state index is 0.770. The number of rotatable bonds is 8. The summed E-state index contributed by atoms with van der Waals surface area (Å²) in [5.74, 6) is 2.14. The Bertz CT molecular complexity index is 450. The summed E-state index contributed by atoms with van der Waals surface area (Å²) >= 11 is 0. The van der Waals surface area contributed by atoms with Gasteiger partial charge in [0.05, 0.1) is 0 Å². The first kappa shape index (κ1) is 13.9. The molecule has 1 heterocycles. The van der Waals surface area contributed by atoms with Crippen LogP contribution in [-0.4, -0.2) is 24.1 Å². The van der Waals surface area contributed by atoms with Gasteiger partial charge in [-0.05, 0) is 63.1 Å². The Morgan fingerprint density at radius 2 is 2.05 bits per heavy atom. The number of aryl methyl sites for hydroxylation is 1. The molecule has 2 saturated carbocycles. The lowest BCUT2D eigenvalue weighted by Crippen LogP contribution is -2.29. The van der Waals surface area contributed by atoms with Crippen LogP contribution in [0.15, 0.2) is 12.1 Å². The molecule has 1 N–H and O–H groups in total. The van der Waals surface area contributed by atoms with Crippen molar-refractivity contribution in [2.45, 2.75) is 58.5 Å². The summed E-state index contributed by atoms with van der Waals surface area (Å²) in [6.45, 7) is 7.60. The summed E-state index contributed by atoms with van der Waals surface area (Å²) in [5, 5.41) is 3.46. The molecule has 110 valence electrons. The molecule has 0 atom stereocenters. The lowest BCUT2D eigenvalue weighted by Gasteiger charge is -2.24. The number of pyridine rings is 1. The lowest BCUT2D eigenvalue weighted by molar-refractivity contribution is 0.668. The van der Waals surface area contributed by atoms with Gasteiger partial charge in [0, 0.05) is 24.8 Å². The van der Waals surface area contributed by atoms with E-state index in [1.165, 1.54) is 55.7 Å². The molecule has 2 fully saturated rings. The molecule has 1 aromatic rings. The predicted molar refractivity (Wildman–Crippen MR) is 84.1 cm³/mol. The van der Waals surface area contributed by atoms with Crippen molar-refractivity contribution in [1.29, 1.82) is 0 Å². The molecule has 3 heteroatoms. The molecule has 3 rings (SSSR count). The molecule has 2 aliphatic rings. The normalized spacial score (nSPS) is 18.3. The van der Waals surface area contributed by atoms with E-state index in [1.54, 1.807) is 0 Å². The SMILES string of the molecule is CCCNCc1ccc(N(CC2CC2)C2CC2)nc1C. The maximum Gasteiger partial charge on any atom is 0.129 e. The highest BCUT2D eigenvalue weighted by Crippen LogP contribution is 2.37. The highest BCUT2D eigenvalue weighted by Gasteiger charge is 2.34. The zero-order valence-electron chi connectivity index (χ0n) is 12.9. The second-order valence-corrected chi connectivity index (χ2v) is 6.42. The van der Waals surface area contributed by atoms with Gasteiger partial charge in [0.2, 0.25) is 0 Å². The molecule has 2 aliphatic carbocycles. The van der Waals surface area contributed by atoms with Crippen molar-refractivity contribution in [3.05, 3.63) is 23.4 Å². The Hall–Kier alpha value is -1.09. The first-order valence-corrected chi connectivity index (χ1v) is 8.21. The van der Waals surface area contributed by atoms with Crippen molar-refractivity contribution < 1.29 is 0 Å². The number of anilines is 1. The summed E-state index contributed by atoms with van der Waals surface area (Å²) in [4.78, 5) is 7.44. The van der Waals surface area contributed by atoms with Crippen LogP contribution in [0.3, 0.4) is 0 Å². The van der Waals surface area contributed by atoms with Gasteiger partial charge in [-0.2, -0.15) is 0 Å². The fourth-order valence-electron chi connectivity index (χ4n) is 2.72. The van der Waals surface area contributed by atoms with Crippen molar-refractivity contribution in [2.75, 3.05) is 18.0 Å². The van der Waals surface area contributed by atoms with Gasteiger partial charge in [-0.15, -0.1) is 0 Å². The lowest BCUT2D eigenvalue weighted by atomic mass is 10.2. The van der Waals surface area contributed by atoms with Gasteiger partial charge in [-0.25, -0.2) is 4.98 Å². The van der Waals surface area contributed by atoms with E-state index in [0.29, 0.717) is 0 Å². The molecule has 1 aromatic heterocycles. The number of nitrogens with one attached hydrogen (secondary N) is 1. The zero-order chi connectivity index (χ0) is 13.9. The Labute approximate surface area is 122 Å². The molecule has 0 spiro atoms. The van der Waals surface area contributed by atoms with Gasteiger partial charge in [0.1, 0.15) is 5.82 Å². The standard InChI is InChI=1S/C17H27N3/c1-3-10-18-11-15-6-9-17(19-13(15)2)20(16-7-8-16)12-14-4-5-14/h6,9,14,16,18H,3-5,7-8,10-12H2,1-2H3. The fraction of sp³-hybridized carbons (Fsp3) is 0.706. The third kappa shape index (κ3) is 3.51. The van der Waals surface area contributed by atoms with Gasteiger partial charge in [0.15, 0.2) is 0 Å². The molecule has 0 bridgehead atoms. The van der Waals surface area contributed by atoms with E-state index in [9.17, 15) is 0 Å². The van der Waals surface area contributed by atoms with E-state index in [-0.39, 0.29) is 0 Å². The Kier molecular flexibility index (Phi) is 4.25. The van der Waals surface area contributed by atoms with Crippen molar-refractivity contribution in [3.63, 3.8) is 0 Å². The third-order valence-corrected chi connectivity index (χ3v) is 4.36. The second-order valence-electron chi connectivity index (χ2n) is 6.42. The average molecular weight is 273 g/mol. The summed E-state index contributed by atoms with van der Waals surface area (Å²) in [7, 11) is 0. The van der Waals surface area contributed by atoms with Crippen molar-refractivity contribution in [2.24, 2.45) is 5.92 Å². The highest BCUT2D eigenvalue weighted by atomic mass is 15.2. The number of aromatic nitrogens is 1. The van der Waals surface area contributed by atoms with Crippen LogP contribution in [0.1, 0.15) is 50.3 Å². The molecule has 0 saturated heterocycles. The van der Waals surface area contributed by atoms with Gasteiger partial charge in [0.25, 0.3) is 0 Å². The largest absolute Gasteiger partial charge is 0.353 e. The van der Waals surface area contributed by atoms with E-state index in [4.69, 9.17) is 4.98 Å². The van der Waals surface area contributed by atoms with E-state index in [2.05, 4.69) is 36.2 Å². The first-order chi connectivity index (χ1) is 9.78. The van der Waals surface area contributed by atoms with Gasteiger partial charge >= 0.3 is 0 Å². The molecule has 0 unspecified atom stereocenters. The zero-order valence-corrected chi connectivity index (χ0v) is 12.9. The molecule has 0 radical (unpaired) electrons. The molecular weight excluding hydrogens is 246 g/mol. The molecule has 20 heavy (non-hydrogen) atoms. The van der Waals surface area contributed by atoms with Crippen molar-refractivity contribution >= 4 is 5.82 Å². The van der Waals surface area contributed by atoms with Crippen LogP contribution >= 0.6 is 0 Å². The predicted octanol–water partition coefficient (Wildman–Crippen LogP) is 3.27. The Morgan fingerprint density at radius 3 is 2.65 bits per heavy atom. The van der Waals surface area contributed by atoms with Crippen LogP contribution in [-0.2, 0) is 6.54 Å². The first-order valence-electron chi connectivity index (χ1n) is 8.21. The van der Waals surface area contributed by atoms with Gasteiger partial charge in [-0.3, -0.25) is 0 Å². The molecule has 0 amide bonds. The highest BCUT2D eigenvalue weighted by molar-refractivity contribution is 5.44. The maximum atomic E-state index is 4.88. The van der Waals surface area contributed by atoms with E-state index in [1.807, 2.05) is 0 Å². The summed E-state index contributed by atoms with van der Waals surface area (Å²) < 4.78 is 0. The fourth-order valence-corrected chi connectivity index (χ4v) is 2.72. The number of hydrogen-bond acceptors (Lipinski definition) is 3. The monoisotopic (exact) mass is 273 g/mol.